The molecule has 0 aromatic heterocycles. The lowest BCUT2D eigenvalue weighted by molar-refractivity contribution is 0.414. The quantitative estimate of drug-likeness (QED) is 0.674. The van der Waals surface area contributed by atoms with Gasteiger partial charge in [-0.15, -0.1) is 0 Å². The number of nitrogens with one attached hydrogen (secondary N) is 2. The lowest BCUT2D eigenvalue weighted by atomic mass is 10.3. The molecular weight excluding hydrogens is 368 g/mol. The van der Waals surface area contributed by atoms with Crippen molar-refractivity contribution in [2.24, 2.45) is 0 Å². The van der Waals surface area contributed by atoms with Crippen LogP contribution in [0.2, 0.25) is 5.02 Å². The third-order valence-electron chi connectivity index (χ3n) is 2.52. The number of rotatable bonds is 8. The van der Waals surface area contributed by atoms with Crippen LogP contribution in [0.5, 0.6) is 5.75 Å². The minimum atomic E-state index is -3.60. The number of hydrogen-bond acceptors (Lipinski definition) is 4. The highest BCUT2D eigenvalue weighted by Gasteiger charge is 2.19. The van der Waals surface area contributed by atoms with Gasteiger partial charge in [0.15, 0.2) is 0 Å². The van der Waals surface area contributed by atoms with E-state index in [-0.39, 0.29) is 9.92 Å². The van der Waals surface area contributed by atoms with E-state index in [1.807, 2.05) is 6.92 Å². The van der Waals surface area contributed by atoms with E-state index < -0.39 is 10.0 Å². The van der Waals surface area contributed by atoms with E-state index >= 15 is 0 Å². The minimum absolute atomic E-state index is 0.0961. The van der Waals surface area contributed by atoms with Crippen LogP contribution in [0.1, 0.15) is 13.3 Å². The van der Waals surface area contributed by atoms with Gasteiger partial charge < -0.3 is 10.1 Å². The molecule has 20 heavy (non-hydrogen) atoms. The van der Waals surface area contributed by atoms with E-state index in [1.165, 1.54) is 19.2 Å². The monoisotopic (exact) mass is 384 g/mol. The van der Waals surface area contributed by atoms with Gasteiger partial charge in [-0.25, -0.2) is 13.1 Å². The van der Waals surface area contributed by atoms with E-state index in [4.69, 9.17) is 16.3 Å². The second kappa shape index (κ2) is 8.19. The van der Waals surface area contributed by atoms with Crippen LogP contribution in [0.25, 0.3) is 0 Å². The zero-order chi connectivity index (χ0) is 15.2. The van der Waals surface area contributed by atoms with Crippen LogP contribution >= 0.6 is 27.5 Å². The molecule has 0 aliphatic heterocycles. The fourth-order valence-electron chi connectivity index (χ4n) is 1.53. The number of halogens is 2. The Kier molecular flexibility index (Phi) is 7.25. The van der Waals surface area contributed by atoms with Gasteiger partial charge in [-0.3, -0.25) is 0 Å². The summed E-state index contributed by atoms with van der Waals surface area (Å²) in [5.74, 6) is 0.419. The van der Waals surface area contributed by atoms with Crippen molar-refractivity contribution in [3.8, 4) is 5.75 Å². The summed E-state index contributed by atoms with van der Waals surface area (Å²) < 4.78 is 32.3. The van der Waals surface area contributed by atoms with Crippen LogP contribution in [0, 0.1) is 0 Å². The van der Waals surface area contributed by atoms with Gasteiger partial charge in [0.25, 0.3) is 0 Å². The van der Waals surface area contributed by atoms with Crippen LogP contribution in [0.4, 0.5) is 0 Å². The zero-order valence-corrected chi connectivity index (χ0v) is 14.5. The van der Waals surface area contributed by atoms with E-state index in [0.29, 0.717) is 23.3 Å². The van der Waals surface area contributed by atoms with Crippen LogP contribution < -0.4 is 14.8 Å². The molecule has 1 aromatic carbocycles. The third-order valence-corrected chi connectivity index (χ3v) is 5.23. The lowest BCUT2D eigenvalue weighted by Crippen LogP contribution is -2.32. The van der Waals surface area contributed by atoms with Gasteiger partial charge in [0.1, 0.15) is 5.75 Å². The predicted molar refractivity (Wildman–Crippen MR) is 84.1 cm³/mol. The van der Waals surface area contributed by atoms with Gasteiger partial charge in [-0.1, -0.05) is 18.5 Å². The Morgan fingerprint density at radius 1 is 1.30 bits per heavy atom. The number of hydrogen-bond donors (Lipinski definition) is 2. The summed E-state index contributed by atoms with van der Waals surface area (Å²) in [6, 6.07) is 2.90. The second-order valence-electron chi connectivity index (χ2n) is 4.06. The highest BCUT2D eigenvalue weighted by molar-refractivity contribution is 9.10. The maximum absolute atomic E-state index is 12.2. The van der Waals surface area contributed by atoms with Gasteiger partial charge in [0, 0.05) is 17.6 Å². The van der Waals surface area contributed by atoms with Crippen molar-refractivity contribution < 1.29 is 13.2 Å². The van der Waals surface area contributed by atoms with Crippen molar-refractivity contribution in [3.05, 3.63) is 21.6 Å². The van der Waals surface area contributed by atoms with Crippen LogP contribution in [0.15, 0.2) is 21.5 Å². The van der Waals surface area contributed by atoms with Crippen LogP contribution in [-0.4, -0.2) is 35.2 Å². The molecule has 0 amide bonds. The number of benzene rings is 1. The highest BCUT2D eigenvalue weighted by Crippen LogP contribution is 2.33. The first-order valence-corrected chi connectivity index (χ1v) is 8.81. The van der Waals surface area contributed by atoms with Crippen molar-refractivity contribution in [3.63, 3.8) is 0 Å². The summed E-state index contributed by atoms with van der Waals surface area (Å²) in [6.45, 7) is 3.81. The van der Waals surface area contributed by atoms with Crippen LogP contribution in [-0.2, 0) is 10.0 Å². The lowest BCUT2D eigenvalue weighted by Gasteiger charge is -2.11. The van der Waals surface area contributed by atoms with Gasteiger partial charge >= 0.3 is 0 Å². The summed E-state index contributed by atoms with van der Waals surface area (Å²) >= 11 is 9.18. The molecule has 0 saturated heterocycles. The summed E-state index contributed by atoms with van der Waals surface area (Å²) in [5.41, 5.74) is 0. The molecule has 0 aliphatic rings. The largest absolute Gasteiger partial charge is 0.495 e. The average molecular weight is 386 g/mol. The Labute approximate surface area is 133 Å². The molecule has 0 saturated carbocycles. The van der Waals surface area contributed by atoms with Crippen molar-refractivity contribution >= 4 is 37.6 Å². The van der Waals surface area contributed by atoms with Crippen molar-refractivity contribution in [1.82, 2.24) is 10.0 Å². The number of ether oxygens (including phenoxy) is 1. The van der Waals surface area contributed by atoms with E-state index in [2.05, 4.69) is 26.0 Å². The number of methoxy groups -OCH3 is 1. The summed E-state index contributed by atoms with van der Waals surface area (Å²) in [5, 5.41) is 3.37. The fraction of sp³-hybridized carbons (Fsp3) is 0.500. The smallest absolute Gasteiger partial charge is 0.241 e. The molecule has 0 heterocycles. The van der Waals surface area contributed by atoms with Gasteiger partial charge in [0.2, 0.25) is 10.0 Å². The first-order valence-electron chi connectivity index (χ1n) is 6.15. The van der Waals surface area contributed by atoms with Crippen LogP contribution in [0.3, 0.4) is 0 Å². The normalized spacial score (nSPS) is 11.6. The Bertz CT molecular complexity index is 552. The summed E-state index contributed by atoms with van der Waals surface area (Å²) in [6.07, 6.45) is 1.01. The van der Waals surface area contributed by atoms with Crippen molar-refractivity contribution in [2.45, 2.75) is 18.2 Å². The molecule has 1 rings (SSSR count). The third kappa shape index (κ3) is 4.89. The highest BCUT2D eigenvalue weighted by atomic mass is 79.9. The molecule has 8 heteroatoms. The van der Waals surface area contributed by atoms with Gasteiger partial charge in [-0.05, 0) is 41.0 Å². The maximum Gasteiger partial charge on any atom is 0.241 e. The van der Waals surface area contributed by atoms with E-state index in [1.54, 1.807) is 0 Å². The maximum atomic E-state index is 12.2. The molecule has 0 unspecified atom stereocenters. The first-order chi connectivity index (χ1) is 9.42. The Hall–Kier alpha value is -0.340. The molecule has 114 valence electrons. The Balaban J connectivity index is 2.80. The van der Waals surface area contributed by atoms with Gasteiger partial charge in [-0.2, -0.15) is 0 Å². The summed E-state index contributed by atoms with van der Waals surface area (Å²) in [4.78, 5) is 0.0961. The predicted octanol–water partition coefficient (Wildman–Crippen LogP) is 2.39. The number of sulfonamides is 1. The average Bonchev–Trinajstić information content (AvgIpc) is 2.40. The molecule has 0 bridgehead atoms. The SMILES string of the molecule is CCCNCCNS(=O)(=O)c1cc(Cl)c(OC)cc1Br. The minimum Gasteiger partial charge on any atom is -0.495 e. The summed E-state index contributed by atoms with van der Waals surface area (Å²) in [7, 11) is -2.13. The van der Waals surface area contributed by atoms with Gasteiger partial charge in [0.05, 0.1) is 17.0 Å². The van der Waals surface area contributed by atoms with E-state index in [0.717, 1.165) is 13.0 Å². The topological polar surface area (TPSA) is 67.4 Å². The molecule has 0 radical (unpaired) electrons. The molecule has 5 nitrogen and oxygen atoms in total. The molecule has 0 fully saturated rings. The van der Waals surface area contributed by atoms with E-state index in [9.17, 15) is 8.42 Å². The molecule has 0 atom stereocenters. The first kappa shape index (κ1) is 17.7. The molecular formula is C12H18BrClN2O3S. The molecule has 0 aliphatic carbocycles. The fourth-order valence-corrected chi connectivity index (χ4v) is 3.91. The standard InChI is InChI=1S/C12H18BrClN2O3S/c1-3-4-15-5-6-16-20(17,18)12-8-10(14)11(19-2)7-9(12)13/h7-8,15-16H,3-6H2,1-2H3. The van der Waals surface area contributed by atoms with Crippen molar-refractivity contribution in [1.29, 1.82) is 0 Å². The zero-order valence-electron chi connectivity index (χ0n) is 11.4. The molecule has 2 N–H and O–H groups in total. The van der Waals surface area contributed by atoms with Crippen molar-refractivity contribution in [2.75, 3.05) is 26.7 Å². The Morgan fingerprint density at radius 2 is 2.00 bits per heavy atom. The Morgan fingerprint density at radius 3 is 2.60 bits per heavy atom. The molecule has 1 aromatic rings. The second-order valence-corrected chi connectivity index (χ2v) is 7.06. The molecule has 0 spiro atoms.